The summed E-state index contributed by atoms with van der Waals surface area (Å²) in [6.07, 6.45) is 3.15. The smallest absolute Gasteiger partial charge is 0.255 e. The summed E-state index contributed by atoms with van der Waals surface area (Å²) in [6, 6.07) is 12.9. The second-order valence-electron chi connectivity index (χ2n) is 4.11. The molecule has 0 aliphatic rings. The van der Waals surface area contributed by atoms with Crippen LogP contribution < -0.4 is 4.74 Å². The van der Waals surface area contributed by atoms with E-state index in [1.165, 1.54) is 6.20 Å². The number of pyridine rings is 2. The zero-order valence-corrected chi connectivity index (χ0v) is 10.1. The van der Waals surface area contributed by atoms with Gasteiger partial charge in [-0.25, -0.2) is 4.98 Å². The maximum Gasteiger partial charge on any atom is 0.255 e. The first-order valence-electron chi connectivity index (χ1n) is 5.90. The van der Waals surface area contributed by atoms with Gasteiger partial charge in [-0.1, -0.05) is 12.1 Å². The average Bonchev–Trinajstić information content (AvgIpc) is 2.46. The molecule has 0 saturated carbocycles. The first kappa shape index (κ1) is 11.6. The molecule has 19 heavy (non-hydrogen) atoms. The fraction of sp³-hybridized carbons (Fsp3) is 0.0667. The third-order valence-electron chi connectivity index (χ3n) is 2.79. The molecule has 3 nitrogen and oxygen atoms in total. The average molecular weight is 254 g/mol. The fourth-order valence-corrected chi connectivity index (χ4v) is 1.85. The number of fused-ring (bicyclic) bond motifs is 1. The normalized spacial score (nSPS) is 10.6. The van der Waals surface area contributed by atoms with Crippen molar-refractivity contribution in [2.45, 2.75) is 6.61 Å². The Morgan fingerprint density at radius 3 is 2.74 bits per heavy atom. The molecule has 2 aromatic heterocycles. The molecule has 94 valence electrons. The molecule has 0 aliphatic heterocycles. The van der Waals surface area contributed by atoms with E-state index in [9.17, 15) is 4.39 Å². The maximum absolute atomic E-state index is 13.3. The quantitative estimate of drug-likeness (QED) is 0.672. The molecule has 4 heteroatoms. The molecule has 0 atom stereocenters. The van der Waals surface area contributed by atoms with Gasteiger partial charge in [0.15, 0.2) is 5.75 Å². The number of hydrogen-bond donors (Lipinski definition) is 0. The predicted octanol–water partition coefficient (Wildman–Crippen LogP) is 3.35. The molecule has 3 rings (SSSR count). The molecular formula is C15H11FN2O. The summed E-state index contributed by atoms with van der Waals surface area (Å²) in [4.78, 5) is 7.78. The van der Waals surface area contributed by atoms with Gasteiger partial charge >= 0.3 is 0 Å². The fourth-order valence-electron chi connectivity index (χ4n) is 1.85. The lowest BCUT2D eigenvalue weighted by molar-refractivity contribution is 0.286. The third-order valence-corrected chi connectivity index (χ3v) is 2.79. The van der Waals surface area contributed by atoms with Gasteiger partial charge in [0.2, 0.25) is 0 Å². The molecule has 0 fully saturated rings. The Hall–Kier alpha value is -2.49. The van der Waals surface area contributed by atoms with Crippen molar-refractivity contribution in [2.24, 2.45) is 0 Å². The van der Waals surface area contributed by atoms with Gasteiger partial charge in [-0.2, -0.15) is 4.39 Å². The van der Waals surface area contributed by atoms with Gasteiger partial charge in [0.25, 0.3) is 5.95 Å². The molecule has 0 bridgehead atoms. The molecule has 0 aliphatic carbocycles. The first-order chi connectivity index (χ1) is 9.33. The SMILES string of the molecule is Fc1ncccc1OCc1ccc2ncccc2c1. The number of benzene rings is 1. The van der Waals surface area contributed by atoms with Crippen LogP contribution in [0.2, 0.25) is 0 Å². The second kappa shape index (κ2) is 5.02. The van der Waals surface area contributed by atoms with Gasteiger partial charge < -0.3 is 4.74 Å². The van der Waals surface area contributed by atoms with E-state index in [1.54, 1.807) is 18.3 Å². The van der Waals surface area contributed by atoms with E-state index in [0.29, 0.717) is 6.61 Å². The van der Waals surface area contributed by atoms with Crippen LogP contribution in [0, 0.1) is 5.95 Å². The lowest BCUT2D eigenvalue weighted by atomic mass is 10.1. The van der Waals surface area contributed by atoms with Crippen LogP contribution in [0.15, 0.2) is 54.9 Å². The van der Waals surface area contributed by atoms with E-state index in [4.69, 9.17) is 4.74 Å². The van der Waals surface area contributed by atoms with E-state index >= 15 is 0 Å². The molecule has 0 radical (unpaired) electrons. The van der Waals surface area contributed by atoms with Crippen LogP contribution in [0.1, 0.15) is 5.56 Å². The summed E-state index contributed by atoms with van der Waals surface area (Å²) in [5.41, 5.74) is 1.89. The minimum Gasteiger partial charge on any atom is -0.484 e. The van der Waals surface area contributed by atoms with Crippen molar-refractivity contribution in [3.63, 3.8) is 0 Å². The maximum atomic E-state index is 13.3. The monoisotopic (exact) mass is 254 g/mol. The summed E-state index contributed by atoms with van der Waals surface area (Å²) in [5.74, 6) is -0.432. The molecule has 0 spiro atoms. The summed E-state index contributed by atoms with van der Waals surface area (Å²) in [6.45, 7) is 0.299. The highest BCUT2D eigenvalue weighted by molar-refractivity contribution is 5.78. The Kier molecular flexibility index (Phi) is 3.06. The number of ether oxygens (including phenoxy) is 1. The highest BCUT2D eigenvalue weighted by Crippen LogP contribution is 2.17. The lowest BCUT2D eigenvalue weighted by Crippen LogP contribution is -1.98. The minimum absolute atomic E-state index is 0.161. The van der Waals surface area contributed by atoms with Crippen LogP contribution in [0.3, 0.4) is 0 Å². The van der Waals surface area contributed by atoms with Crippen LogP contribution in [-0.2, 0) is 6.61 Å². The van der Waals surface area contributed by atoms with E-state index in [-0.39, 0.29) is 5.75 Å². The Balaban J connectivity index is 1.80. The summed E-state index contributed by atoms with van der Waals surface area (Å²) in [5, 5.41) is 1.04. The van der Waals surface area contributed by atoms with Crippen LogP contribution in [0.5, 0.6) is 5.75 Å². The van der Waals surface area contributed by atoms with Crippen molar-refractivity contribution in [1.82, 2.24) is 9.97 Å². The van der Waals surface area contributed by atoms with E-state index in [0.717, 1.165) is 16.5 Å². The summed E-state index contributed by atoms with van der Waals surface area (Å²) in [7, 11) is 0. The molecule has 0 saturated heterocycles. The lowest BCUT2D eigenvalue weighted by Gasteiger charge is -2.07. The van der Waals surface area contributed by atoms with Gasteiger partial charge in [0, 0.05) is 17.8 Å². The third kappa shape index (κ3) is 2.52. The largest absolute Gasteiger partial charge is 0.484 e. The van der Waals surface area contributed by atoms with E-state index < -0.39 is 5.95 Å². The highest BCUT2D eigenvalue weighted by atomic mass is 19.1. The predicted molar refractivity (Wildman–Crippen MR) is 70.3 cm³/mol. The topological polar surface area (TPSA) is 35.0 Å². The molecular weight excluding hydrogens is 243 g/mol. The number of aromatic nitrogens is 2. The van der Waals surface area contributed by atoms with E-state index in [2.05, 4.69) is 9.97 Å². The Labute approximate surface area is 109 Å². The van der Waals surface area contributed by atoms with Gasteiger partial charge in [-0.05, 0) is 35.9 Å². The summed E-state index contributed by atoms with van der Waals surface area (Å²) < 4.78 is 18.7. The zero-order chi connectivity index (χ0) is 13.1. The highest BCUT2D eigenvalue weighted by Gasteiger charge is 2.04. The van der Waals surface area contributed by atoms with Crippen molar-refractivity contribution < 1.29 is 9.13 Å². The number of rotatable bonds is 3. The number of nitrogens with zero attached hydrogens (tertiary/aromatic N) is 2. The Bertz CT molecular complexity index is 715. The van der Waals surface area contributed by atoms with Crippen molar-refractivity contribution in [2.75, 3.05) is 0 Å². The van der Waals surface area contributed by atoms with E-state index in [1.807, 2.05) is 30.3 Å². The van der Waals surface area contributed by atoms with Gasteiger partial charge in [0.05, 0.1) is 5.52 Å². The molecule has 2 heterocycles. The Morgan fingerprint density at radius 2 is 1.84 bits per heavy atom. The molecule has 0 amide bonds. The molecule has 0 N–H and O–H groups in total. The molecule has 0 unspecified atom stereocenters. The minimum atomic E-state index is -0.593. The van der Waals surface area contributed by atoms with Crippen LogP contribution in [-0.4, -0.2) is 9.97 Å². The van der Waals surface area contributed by atoms with Crippen molar-refractivity contribution in [3.8, 4) is 5.75 Å². The van der Waals surface area contributed by atoms with Crippen LogP contribution in [0.4, 0.5) is 4.39 Å². The molecule has 3 aromatic rings. The molecule has 1 aromatic carbocycles. The Morgan fingerprint density at radius 1 is 1.00 bits per heavy atom. The van der Waals surface area contributed by atoms with Crippen LogP contribution in [0.25, 0.3) is 10.9 Å². The zero-order valence-electron chi connectivity index (χ0n) is 10.1. The van der Waals surface area contributed by atoms with Gasteiger partial charge in [-0.3, -0.25) is 4.98 Å². The van der Waals surface area contributed by atoms with Crippen molar-refractivity contribution in [3.05, 3.63) is 66.4 Å². The number of hydrogen-bond acceptors (Lipinski definition) is 3. The first-order valence-corrected chi connectivity index (χ1v) is 5.90. The number of halogens is 1. The summed E-state index contributed by atoms with van der Waals surface area (Å²) >= 11 is 0. The van der Waals surface area contributed by atoms with Crippen LogP contribution >= 0.6 is 0 Å². The second-order valence-corrected chi connectivity index (χ2v) is 4.11. The standard InChI is InChI=1S/C15H11FN2O/c16-15-14(4-2-8-18-15)19-10-11-5-6-13-12(9-11)3-1-7-17-13/h1-9H,10H2. The van der Waals surface area contributed by atoms with Crippen molar-refractivity contribution in [1.29, 1.82) is 0 Å². The van der Waals surface area contributed by atoms with Gasteiger partial charge in [0.1, 0.15) is 6.61 Å². The van der Waals surface area contributed by atoms with Crippen molar-refractivity contribution >= 4 is 10.9 Å². The van der Waals surface area contributed by atoms with Gasteiger partial charge in [-0.15, -0.1) is 0 Å².